The Morgan fingerprint density at radius 1 is 0.891 bits per heavy atom. The van der Waals surface area contributed by atoms with E-state index in [1.807, 2.05) is 67.8 Å². The Bertz CT molecular complexity index is 2090. The summed E-state index contributed by atoms with van der Waals surface area (Å²) in [5.74, 6) is 0.427. The summed E-state index contributed by atoms with van der Waals surface area (Å²) in [6.45, 7) is 6.29. The monoisotopic (exact) mass is 664 g/mol. The maximum absolute atomic E-state index is 12.8. The molecule has 46 heavy (non-hydrogen) atoms. The lowest BCUT2D eigenvalue weighted by Gasteiger charge is -2.14. The number of benzene rings is 2. The van der Waals surface area contributed by atoms with Gasteiger partial charge in [-0.05, 0) is 41.0 Å². The van der Waals surface area contributed by atoms with E-state index in [2.05, 4.69) is 20.7 Å². The Hall–Kier alpha value is -4.53. The van der Waals surface area contributed by atoms with Gasteiger partial charge in [0, 0.05) is 36.0 Å². The van der Waals surface area contributed by atoms with E-state index in [-0.39, 0.29) is 30.0 Å². The van der Waals surface area contributed by atoms with Gasteiger partial charge in [0.25, 0.3) is 10.1 Å². The molecule has 5 aromatic rings. The zero-order valence-corrected chi connectivity index (χ0v) is 27.8. The molecule has 12 nitrogen and oxygen atoms in total. The third-order valence-corrected chi connectivity index (χ3v) is 8.95. The number of sulfone groups is 1. The summed E-state index contributed by atoms with van der Waals surface area (Å²) >= 11 is 0. The van der Waals surface area contributed by atoms with Crippen LogP contribution in [0.2, 0.25) is 0 Å². The normalized spacial score (nSPS) is 12.4. The lowest BCUT2D eigenvalue weighted by Crippen LogP contribution is -2.29. The number of hydrogen-bond donors (Lipinski definition) is 2. The van der Waals surface area contributed by atoms with Gasteiger partial charge in [-0.1, -0.05) is 57.2 Å². The van der Waals surface area contributed by atoms with Crippen LogP contribution in [0.4, 0.5) is 10.6 Å². The van der Waals surface area contributed by atoms with Crippen LogP contribution in [0.3, 0.4) is 0 Å². The number of amides is 2. The second-order valence-corrected chi connectivity index (χ2v) is 15.7. The van der Waals surface area contributed by atoms with E-state index in [4.69, 9.17) is 4.18 Å². The molecule has 2 N–H and O–H groups in total. The van der Waals surface area contributed by atoms with Gasteiger partial charge in [0.05, 0.1) is 41.9 Å². The number of hydrogen-bond acceptors (Lipinski definition) is 8. The quantitative estimate of drug-likeness (QED) is 0.201. The van der Waals surface area contributed by atoms with Gasteiger partial charge in [-0.25, -0.2) is 22.9 Å². The average molecular weight is 665 g/mol. The fourth-order valence-corrected chi connectivity index (χ4v) is 5.74. The van der Waals surface area contributed by atoms with Gasteiger partial charge < -0.3 is 5.32 Å². The molecule has 3 heterocycles. The largest absolute Gasteiger partial charge is 0.334 e. The van der Waals surface area contributed by atoms with Gasteiger partial charge in [-0.3, -0.25) is 13.9 Å². The number of carbonyl (C=O) groups excluding carboxylic acids is 1. The number of nitrogens with zero attached hydrogens (tertiary/aromatic N) is 4. The predicted molar refractivity (Wildman–Crippen MR) is 177 cm³/mol. The molecule has 2 amide bonds. The minimum atomic E-state index is -3.60. The fraction of sp³-hybridized carbons (Fsp3) is 0.281. The zero-order chi connectivity index (χ0) is 33.3. The Labute approximate surface area is 268 Å². The fourth-order valence-electron chi connectivity index (χ4n) is 4.73. The molecule has 2 aromatic carbocycles. The van der Waals surface area contributed by atoms with Crippen molar-refractivity contribution in [1.82, 2.24) is 24.5 Å². The highest BCUT2D eigenvalue weighted by Gasteiger charge is 2.21. The van der Waals surface area contributed by atoms with Crippen molar-refractivity contribution in [3.63, 3.8) is 0 Å². The highest BCUT2D eigenvalue weighted by molar-refractivity contribution is 7.90. The highest BCUT2D eigenvalue weighted by Crippen LogP contribution is 2.27. The van der Waals surface area contributed by atoms with Crippen LogP contribution in [0.15, 0.2) is 84.0 Å². The number of urea groups is 1. The topological polar surface area (TPSA) is 154 Å². The molecule has 14 heteroatoms. The Morgan fingerprint density at radius 3 is 2.20 bits per heavy atom. The zero-order valence-electron chi connectivity index (χ0n) is 26.2. The van der Waals surface area contributed by atoms with Crippen LogP contribution in [0, 0.1) is 0 Å². The van der Waals surface area contributed by atoms with E-state index < -0.39 is 26.0 Å². The van der Waals surface area contributed by atoms with Crippen LogP contribution in [-0.4, -0.2) is 61.2 Å². The van der Waals surface area contributed by atoms with Crippen molar-refractivity contribution in [3.05, 3.63) is 90.4 Å². The number of anilines is 1. The van der Waals surface area contributed by atoms with Gasteiger partial charge in [-0.15, -0.1) is 0 Å². The summed E-state index contributed by atoms with van der Waals surface area (Å²) in [5.41, 5.74) is 5.75. The Morgan fingerprint density at radius 2 is 1.57 bits per heavy atom. The molecule has 0 aliphatic rings. The minimum absolute atomic E-state index is 0.110. The van der Waals surface area contributed by atoms with Crippen molar-refractivity contribution >= 4 is 37.5 Å². The van der Waals surface area contributed by atoms with Crippen molar-refractivity contribution in [2.75, 3.05) is 24.4 Å². The molecule has 0 radical (unpaired) electrons. The number of imidazole rings is 1. The van der Waals surface area contributed by atoms with Crippen LogP contribution in [0.1, 0.15) is 32.0 Å². The smallest absolute Gasteiger partial charge is 0.320 e. The van der Waals surface area contributed by atoms with E-state index >= 15 is 0 Å². The molecule has 242 valence electrons. The Kier molecular flexibility index (Phi) is 9.07. The van der Waals surface area contributed by atoms with Crippen LogP contribution < -0.4 is 10.6 Å². The molecule has 0 fully saturated rings. The van der Waals surface area contributed by atoms with E-state index in [0.717, 1.165) is 45.5 Å². The van der Waals surface area contributed by atoms with Gasteiger partial charge in [0.15, 0.2) is 9.84 Å². The van der Waals surface area contributed by atoms with Gasteiger partial charge in [0.2, 0.25) is 0 Å². The molecular weight excluding hydrogens is 629 g/mol. The number of pyridine rings is 1. The molecule has 0 saturated carbocycles. The average Bonchev–Trinajstić information content (AvgIpc) is 3.59. The summed E-state index contributed by atoms with van der Waals surface area (Å²) in [4.78, 5) is 17.6. The molecule has 3 aromatic heterocycles. The third-order valence-electron chi connectivity index (χ3n) is 7.22. The Balaban J connectivity index is 1.23. The first-order chi connectivity index (χ1) is 21.6. The molecule has 0 spiro atoms. The number of carbonyl (C=O) groups is 1. The first kappa shape index (κ1) is 32.9. The molecule has 0 atom stereocenters. The van der Waals surface area contributed by atoms with E-state index in [9.17, 15) is 21.6 Å². The molecule has 5 rings (SSSR count). The maximum atomic E-state index is 12.8. The van der Waals surface area contributed by atoms with E-state index in [0.29, 0.717) is 5.82 Å². The first-order valence-electron chi connectivity index (χ1n) is 14.4. The lowest BCUT2D eigenvalue weighted by atomic mass is 9.92. The number of aromatic nitrogens is 4. The third kappa shape index (κ3) is 8.00. The number of nitrogens with one attached hydrogen (secondary N) is 2. The predicted octanol–water partition coefficient (Wildman–Crippen LogP) is 4.86. The lowest BCUT2D eigenvalue weighted by molar-refractivity contribution is 0.251. The highest BCUT2D eigenvalue weighted by atomic mass is 32.2. The molecule has 0 bridgehead atoms. The van der Waals surface area contributed by atoms with Crippen molar-refractivity contribution in [1.29, 1.82) is 0 Å². The van der Waals surface area contributed by atoms with Crippen molar-refractivity contribution < 1.29 is 25.8 Å². The standard InChI is InChI=1S/C32H36N6O6S2/c1-32(2,3)28-19-30(38(36-28)16-17-44-46(5,42)43)35-31(39)34-20-22-6-8-24(9-7-22)27-21-33-29-18-25(14-15-37(27)29)23-10-12-26(13-11-23)45(4,40)41/h6-15,18-19,21H,16-17,20H2,1-5H3,(H2,34,35,39). The second kappa shape index (κ2) is 12.7. The maximum Gasteiger partial charge on any atom is 0.320 e. The van der Waals surface area contributed by atoms with E-state index in [1.165, 1.54) is 10.9 Å². The van der Waals surface area contributed by atoms with Crippen molar-refractivity contribution in [2.24, 2.45) is 0 Å². The summed E-state index contributed by atoms with van der Waals surface area (Å²) in [5, 5.41) is 10.2. The summed E-state index contributed by atoms with van der Waals surface area (Å²) in [6, 6.07) is 19.8. The van der Waals surface area contributed by atoms with Gasteiger partial charge in [0.1, 0.15) is 11.5 Å². The minimum Gasteiger partial charge on any atom is -0.334 e. The summed E-state index contributed by atoms with van der Waals surface area (Å²) in [6.07, 6.45) is 5.89. The SMILES string of the molecule is CC(C)(C)c1cc(NC(=O)NCc2ccc(-c3cnc4cc(-c5ccc(S(C)(=O)=O)cc5)ccn34)cc2)n(CCOS(C)(=O)=O)n1. The van der Waals surface area contributed by atoms with Crippen molar-refractivity contribution in [2.45, 2.75) is 44.2 Å². The van der Waals surface area contributed by atoms with Crippen LogP contribution in [-0.2, 0) is 42.6 Å². The molecular formula is C32H36N6O6S2. The number of fused-ring (bicyclic) bond motifs is 1. The van der Waals surface area contributed by atoms with Crippen LogP contribution in [0.25, 0.3) is 28.0 Å². The molecule has 0 saturated heterocycles. The van der Waals surface area contributed by atoms with Gasteiger partial charge in [-0.2, -0.15) is 13.5 Å². The molecule has 0 aliphatic carbocycles. The molecule has 0 unspecified atom stereocenters. The first-order valence-corrected chi connectivity index (χ1v) is 18.1. The van der Waals surface area contributed by atoms with Crippen LogP contribution >= 0.6 is 0 Å². The van der Waals surface area contributed by atoms with Crippen molar-refractivity contribution in [3.8, 4) is 22.4 Å². The van der Waals surface area contributed by atoms with E-state index in [1.54, 1.807) is 36.5 Å². The van der Waals surface area contributed by atoms with Gasteiger partial charge >= 0.3 is 6.03 Å². The summed E-state index contributed by atoms with van der Waals surface area (Å²) in [7, 11) is -6.86. The number of rotatable bonds is 10. The second-order valence-electron chi connectivity index (χ2n) is 12.0. The molecule has 0 aliphatic heterocycles. The summed E-state index contributed by atoms with van der Waals surface area (Å²) < 4.78 is 54.6. The van der Waals surface area contributed by atoms with Crippen LogP contribution in [0.5, 0.6) is 0 Å².